The van der Waals surface area contributed by atoms with Crippen LogP contribution in [0.2, 0.25) is 0 Å². The van der Waals surface area contributed by atoms with E-state index in [4.69, 9.17) is 9.47 Å². The van der Waals surface area contributed by atoms with Gasteiger partial charge in [-0.25, -0.2) is 4.79 Å². The number of β-amino-alcohol motifs (C(OH)–C–C–N with tert-alkyl or cyclic N) is 1. The van der Waals surface area contributed by atoms with Crippen molar-refractivity contribution in [2.75, 3.05) is 46.4 Å². The number of carbonyl (C=O) groups excluding carboxylic acids is 1. The molecule has 7 nitrogen and oxygen atoms in total. The first-order valence-corrected chi connectivity index (χ1v) is 11.7. The standard InChI is InChI=1S/C27H33N3O4/c1-18-20(8-9-21-22(18)16-34-26(21)32)24(31)15-29-10-12-30(13-11-29)17-27(2,3)23-7-5-6-19(14-28)25(23)33-4/h5-9,24,31H,10-13,15-17H2,1-4H3. The first-order valence-electron chi connectivity index (χ1n) is 11.7. The van der Waals surface area contributed by atoms with Gasteiger partial charge in [0.25, 0.3) is 0 Å². The van der Waals surface area contributed by atoms with E-state index in [0.717, 1.165) is 55.0 Å². The van der Waals surface area contributed by atoms with Crippen LogP contribution in [0.5, 0.6) is 5.75 Å². The third-order valence-electron chi connectivity index (χ3n) is 7.15. The number of esters is 1. The van der Waals surface area contributed by atoms with Crippen LogP contribution in [0.15, 0.2) is 30.3 Å². The van der Waals surface area contributed by atoms with Crippen LogP contribution in [0.25, 0.3) is 0 Å². The summed E-state index contributed by atoms with van der Waals surface area (Å²) in [7, 11) is 1.62. The zero-order chi connectivity index (χ0) is 24.5. The van der Waals surface area contributed by atoms with Crippen molar-refractivity contribution in [1.82, 2.24) is 9.80 Å². The van der Waals surface area contributed by atoms with Crippen molar-refractivity contribution in [2.24, 2.45) is 0 Å². The molecule has 2 heterocycles. The van der Waals surface area contributed by atoms with E-state index in [1.807, 2.05) is 25.1 Å². The highest BCUT2D eigenvalue weighted by Gasteiger charge is 2.31. The highest BCUT2D eigenvalue weighted by atomic mass is 16.5. The van der Waals surface area contributed by atoms with Crippen LogP contribution in [-0.2, 0) is 16.8 Å². The summed E-state index contributed by atoms with van der Waals surface area (Å²) >= 11 is 0. The van der Waals surface area contributed by atoms with Gasteiger partial charge in [-0.15, -0.1) is 0 Å². The lowest BCUT2D eigenvalue weighted by Crippen LogP contribution is -2.50. The van der Waals surface area contributed by atoms with Crippen LogP contribution in [0.4, 0.5) is 0 Å². The molecule has 0 aromatic heterocycles. The number of ether oxygens (including phenoxy) is 2. The molecule has 1 saturated heterocycles. The Bertz CT molecular complexity index is 1110. The van der Waals surface area contributed by atoms with Gasteiger partial charge in [-0.1, -0.05) is 32.0 Å². The van der Waals surface area contributed by atoms with Gasteiger partial charge in [-0.05, 0) is 30.2 Å². The molecule has 0 radical (unpaired) electrons. The lowest BCUT2D eigenvalue weighted by atomic mass is 9.82. The molecule has 2 aromatic carbocycles. The monoisotopic (exact) mass is 463 g/mol. The maximum absolute atomic E-state index is 11.8. The van der Waals surface area contributed by atoms with Gasteiger partial charge in [0.2, 0.25) is 0 Å². The highest BCUT2D eigenvalue weighted by Crippen LogP contribution is 2.35. The zero-order valence-electron chi connectivity index (χ0n) is 20.4. The molecule has 2 aromatic rings. The lowest BCUT2D eigenvalue weighted by Gasteiger charge is -2.40. The van der Waals surface area contributed by atoms with Crippen LogP contribution < -0.4 is 4.74 Å². The summed E-state index contributed by atoms with van der Waals surface area (Å²) in [5.41, 5.74) is 4.74. The minimum atomic E-state index is -0.609. The fourth-order valence-electron chi connectivity index (χ4n) is 5.22. The molecule has 1 fully saturated rings. The second-order valence-corrected chi connectivity index (χ2v) is 9.86. The largest absolute Gasteiger partial charge is 0.495 e. The van der Waals surface area contributed by atoms with E-state index in [2.05, 4.69) is 29.7 Å². The summed E-state index contributed by atoms with van der Waals surface area (Å²) < 4.78 is 10.7. The summed E-state index contributed by atoms with van der Waals surface area (Å²) in [6.07, 6.45) is -0.609. The first-order chi connectivity index (χ1) is 16.2. The Balaban J connectivity index is 1.36. The molecule has 0 aliphatic carbocycles. The fraction of sp³-hybridized carbons (Fsp3) is 0.481. The van der Waals surface area contributed by atoms with E-state index >= 15 is 0 Å². The Morgan fingerprint density at radius 3 is 2.56 bits per heavy atom. The molecule has 180 valence electrons. The first kappa shape index (κ1) is 24.2. The van der Waals surface area contributed by atoms with Crippen molar-refractivity contribution in [1.29, 1.82) is 5.26 Å². The predicted molar refractivity (Wildman–Crippen MR) is 129 cm³/mol. The lowest BCUT2D eigenvalue weighted by molar-refractivity contribution is 0.0535. The maximum atomic E-state index is 11.8. The Morgan fingerprint density at radius 1 is 1.18 bits per heavy atom. The van der Waals surface area contributed by atoms with Crippen LogP contribution >= 0.6 is 0 Å². The van der Waals surface area contributed by atoms with E-state index in [0.29, 0.717) is 23.4 Å². The Kier molecular flexibility index (Phi) is 6.94. The van der Waals surface area contributed by atoms with E-state index in [1.165, 1.54) is 0 Å². The number of aliphatic hydroxyl groups excluding tert-OH is 1. The minimum Gasteiger partial charge on any atom is -0.495 e. The van der Waals surface area contributed by atoms with E-state index in [1.54, 1.807) is 19.2 Å². The van der Waals surface area contributed by atoms with Crippen molar-refractivity contribution < 1.29 is 19.4 Å². The molecule has 2 aliphatic rings. The SMILES string of the molecule is COc1c(C#N)cccc1C(C)(C)CN1CCN(CC(O)c2ccc3c(c2C)COC3=O)CC1. The second kappa shape index (κ2) is 9.75. The van der Waals surface area contributed by atoms with Crippen molar-refractivity contribution >= 4 is 5.97 Å². The van der Waals surface area contributed by atoms with Gasteiger partial charge >= 0.3 is 5.97 Å². The van der Waals surface area contributed by atoms with Gasteiger partial charge in [-0.2, -0.15) is 5.26 Å². The summed E-state index contributed by atoms with van der Waals surface area (Å²) in [5.74, 6) is 0.378. The maximum Gasteiger partial charge on any atom is 0.338 e. The number of carbonyl (C=O) groups is 1. The van der Waals surface area contributed by atoms with Crippen molar-refractivity contribution in [3.63, 3.8) is 0 Å². The van der Waals surface area contributed by atoms with Crippen LogP contribution in [0.3, 0.4) is 0 Å². The molecule has 0 saturated carbocycles. The number of fused-ring (bicyclic) bond motifs is 1. The van der Waals surface area contributed by atoms with Gasteiger partial charge in [0.1, 0.15) is 18.4 Å². The molecule has 7 heteroatoms. The summed E-state index contributed by atoms with van der Waals surface area (Å²) in [5, 5.41) is 20.4. The molecule has 4 rings (SSSR count). The Labute approximate surface area is 201 Å². The van der Waals surface area contributed by atoms with Crippen molar-refractivity contribution in [3.05, 3.63) is 63.7 Å². The minimum absolute atomic E-state index is 0.180. The topological polar surface area (TPSA) is 86.0 Å². The summed E-state index contributed by atoms with van der Waals surface area (Å²) in [6, 6.07) is 11.6. The number of benzene rings is 2. The number of aliphatic hydroxyl groups is 1. The quantitative estimate of drug-likeness (QED) is 0.631. The molecule has 0 spiro atoms. The Morgan fingerprint density at radius 2 is 1.88 bits per heavy atom. The smallest absolute Gasteiger partial charge is 0.338 e. The van der Waals surface area contributed by atoms with Crippen LogP contribution in [0, 0.1) is 18.3 Å². The molecule has 1 N–H and O–H groups in total. The Hall–Kier alpha value is -2.92. The fourth-order valence-corrected chi connectivity index (χ4v) is 5.22. The average molecular weight is 464 g/mol. The summed E-state index contributed by atoms with van der Waals surface area (Å²) in [6.45, 7) is 11.6. The number of rotatable bonds is 7. The molecule has 1 atom stereocenters. The number of piperazine rings is 1. The normalized spacial score (nSPS) is 17.7. The van der Waals surface area contributed by atoms with Crippen LogP contribution in [0.1, 0.15) is 58.1 Å². The number of para-hydroxylation sites is 1. The van der Waals surface area contributed by atoms with Crippen LogP contribution in [-0.4, -0.2) is 67.3 Å². The molecule has 34 heavy (non-hydrogen) atoms. The van der Waals surface area contributed by atoms with E-state index in [9.17, 15) is 15.2 Å². The van der Waals surface area contributed by atoms with E-state index in [-0.39, 0.29) is 18.0 Å². The average Bonchev–Trinajstić information content (AvgIpc) is 3.21. The molecular formula is C27H33N3O4. The number of nitrogens with zero attached hydrogens (tertiary/aromatic N) is 3. The highest BCUT2D eigenvalue weighted by molar-refractivity contribution is 5.93. The summed E-state index contributed by atoms with van der Waals surface area (Å²) in [4.78, 5) is 16.5. The van der Waals surface area contributed by atoms with Gasteiger partial charge in [-0.3, -0.25) is 9.80 Å². The third kappa shape index (κ3) is 4.67. The molecular weight excluding hydrogens is 430 g/mol. The van der Waals surface area contributed by atoms with Crippen molar-refractivity contribution in [2.45, 2.75) is 38.9 Å². The van der Waals surface area contributed by atoms with Gasteiger partial charge in [0, 0.05) is 55.8 Å². The van der Waals surface area contributed by atoms with Gasteiger partial charge < -0.3 is 14.6 Å². The number of cyclic esters (lactones) is 1. The molecule has 0 amide bonds. The third-order valence-corrected chi connectivity index (χ3v) is 7.15. The number of hydrogen-bond acceptors (Lipinski definition) is 7. The van der Waals surface area contributed by atoms with Gasteiger partial charge in [0.05, 0.1) is 24.3 Å². The number of nitriles is 1. The molecule has 1 unspecified atom stereocenters. The molecule has 0 bridgehead atoms. The predicted octanol–water partition coefficient (Wildman–Crippen LogP) is 3.17. The molecule has 2 aliphatic heterocycles. The number of hydrogen-bond donors (Lipinski definition) is 1. The van der Waals surface area contributed by atoms with Crippen molar-refractivity contribution in [3.8, 4) is 11.8 Å². The second-order valence-electron chi connectivity index (χ2n) is 9.86. The van der Waals surface area contributed by atoms with E-state index < -0.39 is 6.10 Å². The number of methoxy groups -OCH3 is 1. The van der Waals surface area contributed by atoms with Gasteiger partial charge in [0.15, 0.2) is 0 Å². The zero-order valence-corrected chi connectivity index (χ0v) is 20.4.